The van der Waals surface area contributed by atoms with E-state index < -0.39 is 5.60 Å². The Balaban J connectivity index is 1.79. The van der Waals surface area contributed by atoms with Crippen LogP contribution in [0.15, 0.2) is 18.3 Å². The summed E-state index contributed by atoms with van der Waals surface area (Å²) in [4.78, 5) is 3.95. The monoisotopic (exact) mass is 273 g/mol. The van der Waals surface area contributed by atoms with Gasteiger partial charge < -0.3 is 10.4 Å². The fraction of sp³-hybridized carbons (Fsp3) is 0.625. The standard InChI is InChI=1S/C16H23N3O/c1-2-13-3-6-16(20,7-4-13)12-18-11-14-5-8-19-15(9-14)10-17/h5,8-9,13,18,20H,2-4,6-7,11-12H2,1H3. The lowest BCUT2D eigenvalue weighted by atomic mass is 9.78. The molecular formula is C16H23N3O. The first kappa shape index (κ1) is 15.0. The molecule has 0 atom stereocenters. The Kier molecular flexibility index (Phi) is 5.11. The van der Waals surface area contributed by atoms with Crippen LogP contribution in [0.1, 0.15) is 50.3 Å². The number of nitrogens with zero attached hydrogens (tertiary/aromatic N) is 2. The number of hydrogen-bond acceptors (Lipinski definition) is 4. The largest absolute Gasteiger partial charge is 0.389 e. The second kappa shape index (κ2) is 6.83. The van der Waals surface area contributed by atoms with Crippen LogP contribution in [0.4, 0.5) is 0 Å². The normalized spacial score (nSPS) is 26.1. The van der Waals surface area contributed by atoms with Crippen molar-refractivity contribution in [1.82, 2.24) is 10.3 Å². The van der Waals surface area contributed by atoms with Gasteiger partial charge in [-0.1, -0.05) is 13.3 Å². The Morgan fingerprint density at radius 1 is 1.50 bits per heavy atom. The van der Waals surface area contributed by atoms with Crippen molar-refractivity contribution in [1.29, 1.82) is 5.26 Å². The summed E-state index contributed by atoms with van der Waals surface area (Å²) in [6, 6.07) is 5.72. The molecule has 0 aromatic carbocycles. The minimum atomic E-state index is -0.559. The molecule has 0 saturated heterocycles. The summed E-state index contributed by atoms with van der Waals surface area (Å²) in [7, 11) is 0. The first-order chi connectivity index (χ1) is 9.65. The number of aromatic nitrogens is 1. The summed E-state index contributed by atoms with van der Waals surface area (Å²) < 4.78 is 0. The minimum Gasteiger partial charge on any atom is -0.389 e. The first-order valence-corrected chi connectivity index (χ1v) is 7.43. The molecule has 2 rings (SSSR count). The number of nitriles is 1. The Labute approximate surface area is 120 Å². The van der Waals surface area contributed by atoms with Crippen LogP contribution in [0.25, 0.3) is 0 Å². The van der Waals surface area contributed by atoms with Crippen molar-refractivity contribution in [3.05, 3.63) is 29.6 Å². The number of hydrogen-bond donors (Lipinski definition) is 2. The average molecular weight is 273 g/mol. The molecule has 0 spiro atoms. The average Bonchev–Trinajstić information content (AvgIpc) is 2.48. The molecule has 1 aromatic heterocycles. The molecule has 1 aliphatic carbocycles. The number of rotatable bonds is 5. The molecule has 20 heavy (non-hydrogen) atoms. The molecule has 1 aromatic rings. The van der Waals surface area contributed by atoms with Crippen LogP contribution in [-0.2, 0) is 6.54 Å². The summed E-state index contributed by atoms with van der Waals surface area (Å²) >= 11 is 0. The Morgan fingerprint density at radius 3 is 2.90 bits per heavy atom. The molecule has 1 heterocycles. The van der Waals surface area contributed by atoms with Gasteiger partial charge >= 0.3 is 0 Å². The minimum absolute atomic E-state index is 0.437. The summed E-state index contributed by atoms with van der Waals surface area (Å²) in [6.45, 7) is 3.51. The van der Waals surface area contributed by atoms with Crippen LogP contribution >= 0.6 is 0 Å². The van der Waals surface area contributed by atoms with E-state index in [2.05, 4.69) is 17.2 Å². The summed E-state index contributed by atoms with van der Waals surface area (Å²) in [5.74, 6) is 0.786. The third-order valence-electron chi connectivity index (χ3n) is 4.34. The van der Waals surface area contributed by atoms with E-state index >= 15 is 0 Å². The predicted molar refractivity (Wildman–Crippen MR) is 77.9 cm³/mol. The second-order valence-electron chi connectivity index (χ2n) is 5.84. The van der Waals surface area contributed by atoms with Crippen LogP contribution in [0, 0.1) is 17.2 Å². The number of pyridine rings is 1. The molecule has 1 fully saturated rings. The van der Waals surface area contributed by atoms with Crippen molar-refractivity contribution in [2.75, 3.05) is 6.54 Å². The SMILES string of the molecule is CCC1CCC(O)(CNCc2ccnc(C#N)c2)CC1. The van der Waals surface area contributed by atoms with Gasteiger partial charge in [0.05, 0.1) is 5.60 Å². The van der Waals surface area contributed by atoms with Crippen molar-refractivity contribution in [2.24, 2.45) is 5.92 Å². The topological polar surface area (TPSA) is 68.9 Å². The fourth-order valence-electron chi connectivity index (χ4n) is 2.88. The second-order valence-corrected chi connectivity index (χ2v) is 5.84. The van der Waals surface area contributed by atoms with Crippen LogP contribution in [0.3, 0.4) is 0 Å². The van der Waals surface area contributed by atoms with Gasteiger partial charge in [-0.2, -0.15) is 5.26 Å². The molecule has 0 aliphatic heterocycles. The van der Waals surface area contributed by atoms with Gasteiger partial charge in [0.25, 0.3) is 0 Å². The Hall–Kier alpha value is -1.44. The van der Waals surface area contributed by atoms with Crippen molar-refractivity contribution in [3.8, 4) is 6.07 Å². The highest BCUT2D eigenvalue weighted by Crippen LogP contribution is 2.33. The van der Waals surface area contributed by atoms with E-state index in [0.29, 0.717) is 18.8 Å². The molecule has 1 saturated carbocycles. The van der Waals surface area contributed by atoms with E-state index in [-0.39, 0.29) is 0 Å². The van der Waals surface area contributed by atoms with E-state index in [4.69, 9.17) is 5.26 Å². The van der Waals surface area contributed by atoms with Gasteiger partial charge in [-0.05, 0) is 49.3 Å². The summed E-state index contributed by atoms with van der Waals surface area (Å²) in [5, 5.41) is 22.7. The van der Waals surface area contributed by atoms with Crippen molar-refractivity contribution in [3.63, 3.8) is 0 Å². The predicted octanol–water partition coefficient (Wildman–Crippen LogP) is 2.37. The highest BCUT2D eigenvalue weighted by Gasteiger charge is 2.31. The summed E-state index contributed by atoms with van der Waals surface area (Å²) in [6.07, 6.45) is 6.90. The van der Waals surface area contributed by atoms with Gasteiger partial charge in [-0.15, -0.1) is 0 Å². The lowest BCUT2D eigenvalue weighted by molar-refractivity contribution is -0.00881. The van der Waals surface area contributed by atoms with E-state index in [1.54, 1.807) is 12.3 Å². The zero-order valence-electron chi connectivity index (χ0n) is 12.1. The van der Waals surface area contributed by atoms with Gasteiger partial charge in [-0.3, -0.25) is 0 Å². The van der Waals surface area contributed by atoms with Gasteiger partial charge in [-0.25, -0.2) is 4.98 Å². The lowest BCUT2D eigenvalue weighted by Crippen LogP contribution is -2.43. The van der Waals surface area contributed by atoms with E-state index in [0.717, 1.165) is 37.2 Å². The van der Waals surface area contributed by atoms with Crippen molar-refractivity contribution >= 4 is 0 Å². The Morgan fingerprint density at radius 2 is 2.25 bits per heavy atom. The van der Waals surface area contributed by atoms with E-state index in [1.807, 2.05) is 12.1 Å². The molecule has 0 bridgehead atoms. The van der Waals surface area contributed by atoms with E-state index in [1.165, 1.54) is 6.42 Å². The van der Waals surface area contributed by atoms with Gasteiger partial charge in [0.2, 0.25) is 0 Å². The molecule has 0 unspecified atom stereocenters. The molecule has 2 N–H and O–H groups in total. The van der Waals surface area contributed by atoms with Crippen LogP contribution < -0.4 is 5.32 Å². The highest BCUT2D eigenvalue weighted by atomic mass is 16.3. The molecule has 0 radical (unpaired) electrons. The fourth-order valence-corrected chi connectivity index (χ4v) is 2.88. The first-order valence-electron chi connectivity index (χ1n) is 7.43. The molecule has 4 nitrogen and oxygen atoms in total. The molecular weight excluding hydrogens is 250 g/mol. The molecule has 4 heteroatoms. The van der Waals surface area contributed by atoms with Crippen molar-refractivity contribution in [2.45, 2.75) is 51.2 Å². The smallest absolute Gasteiger partial charge is 0.140 e. The maximum Gasteiger partial charge on any atom is 0.140 e. The third kappa shape index (κ3) is 4.03. The maximum absolute atomic E-state index is 10.5. The van der Waals surface area contributed by atoms with Gasteiger partial charge in [0.15, 0.2) is 0 Å². The maximum atomic E-state index is 10.5. The quantitative estimate of drug-likeness (QED) is 0.864. The van der Waals surface area contributed by atoms with Crippen LogP contribution in [0.5, 0.6) is 0 Å². The van der Waals surface area contributed by atoms with Gasteiger partial charge in [0.1, 0.15) is 11.8 Å². The molecule has 1 aliphatic rings. The molecule has 108 valence electrons. The summed E-state index contributed by atoms with van der Waals surface area (Å²) in [5.41, 5.74) is 0.908. The number of aliphatic hydroxyl groups is 1. The highest BCUT2D eigenvalue weighted by molar-refractivity contribution is 5.25. The zero-order valence-corrected chi connectivity index (χ0v) is 12.1. The molecule has 0 amide bonds. The number of nitrogens with one attached hydrogen (secondary N) is 1. The van der Waals surface area contributed by atoms with Crippen LogP contribution in [-0.4, -0.2) is 22.2 Å². The third-order valence-corrected chi connectivity index (χ3v) is 4.34. The zero-order chi connectivity index (χ0) is 14.4. The Bertz CT molecular complexity index is 473. The van der Waals surface area contributed by atoms with Crippen molar-refractivity contribution < 1.29 is 5.11 Å². The van der Waals surface area contributed by atoms with E-state index in [9.17, 15) is 5.11 Å². The van der Waals surface area contributed by atoms with Gasteiger partial charge in [0, 0.05) is 19.3 Å². The van der Waals surface area contributed by atoms with Crippen LogP contribution in [0.2, 0.25) is 0 Å². The lowest BCUT2D eigenvalue weighted by Gasteiger charge is -2.36.